The zero-order chi connectivity index (χ0) is 9.84. The van der Waals surface area contributed by atoms with Gasteiger partial charge in [-0.2, -0.15) is 5.26 Å². The van der Waals surface area contributed by atoms with Crippen LogP contribution in [0.1, 0.15) is 11.1 Å². The van der Waals surface area contributed by atoms with Gasteiger partial charge in [-0.25, -0.2) is 0 Å². The number of nitrogens with zero attached hydrogens (tertiary/aromatic N) is 1. The Bertz CT molecular complexity index is 363. The topological polar surface area (TPSA) is 59.0 Å². The van der Waals surface area contributed by atoms with Crippen LogP contribution in [0, 0.1) is 11.3 Å². The summed E-state index contributed by atoms with van der Waals surface area (Å²) in [5, 5.41) is 8.69. The minimum absolute atomic E-state index is 0. The van der Waals surface area contributed by atoms with Crippen molar-refractivity contribution in [1.29, 1.82) is 5.26 Å². The molecule has 0 bridgehead atoms. The summed E-state index contributed by atoms with van der Waals surface area (Å²) in [5.41, 5.74) is 6.91. The number of nitriles is 1. The number of hydrogen-bond acceptors (Lipinski definition) is 3. The third kappa shape index (κ3) is 2.61. The number of halogens is 2. The van der Waals surface area contributed by atoms with E-state index >= 15 is 0 Å². The van der Waals surface area contributed by atoms with E-state index in [1.165, 1.54) is 0 Å². The maximum Gasteiger partial charge on any atom is 0.137 e. The Kier molecular flexibility index (Phi) is 5.55. The predicted molar refractivity (Wildman–Crippen MR) is 60.5 cm³/mol. The average Bonchev–Trinajstić information content (AvgIpc) is 2.16. The highest BCUT2D eigenvalue weighted by Crippen LogP contribution is 2.29. The van der Waals surface area contributed by atoms with E-state index in [1.807, 2.05) is 0 Å². The van der Waals surface area contributed by atoms with Crippen molar-refractivity contribution in [2.24, 2.45) is 5.73 Å². The summed E-state index contributed by atoms with van der Waals surface area (Å²) < 4.78 is 5.89. The van der Waals surface area contributed by atoms with Crippen LogP contribution in [-0.4, -0.2) is 7.11 Å². The second-order valence-corrected chi connectivity index (χ2v) is 3.32. The van der Waals surface area contributed by atoms with Gasteiger partial charge in [0.15, 0.2) is 0 Å². The third-order valence-corrected chi connectivity index (χ3v) is 2.26. The minimum atomic E-state index is 0. The summed E-state index contributed by atoms with van der Waals surface area (Å²) in [6, 6.07) is 5.48. The van der Waals surface area contributed by atoms with Gasteiger partial charge in [0.25, 0.3) is 0 Å². The van der Waals surface area contributed by atoms with Gasteiger partial charge in [0.1, 0.15) is 5.75 Å². The Morgan fingerprint density at radius 2 is 2.21 bits per heavy atom. The molecular formula is C9H10BrClN2O. The summed E-state index contributed by atoms with van der Waals surface area (Å²) in [4.78, 5) is 0. The summed E-state index contributed by atoms with van der Waals surface area (Å²) in [6.07, 6.45) is 0. The molecule has 0 aliphatic rings. The fourth-order valence-electron chi connectivity index (χ4n) is 1.10. The van der Waals surface area contributed by atoms with Crippen LogP contribution in [0.4, 0.5) is 0 Å². The Balaban J connectivity index is 0.00000169. The molecule has 0 atom stereocenters. The summed E-state index contributed by atoms with van der Waals surface area (Å²) >= 11 is 3.31. The molecule has 1 rings (SSSR count). The molecule has 0 aliphatic heterocycles. The zero-order valence-electron chi connectivity index (χ0n) is 7.58. The molecule has 0 heterocycles. The van der Waals surface area contributed by atoms with Crippen LogP contribution in [0.5, 0.6) is 5.75 Å². The van der Waals surface area contributed by atoms with E-state index in [9.17, 15) is 0 Å². The Morgan fingerprint density at radius 3 is 2.64 bits per heavy atom. The molecule has 0 aliphatic carbocycles. The first kappa shape index (κ1) is 13.2. The van der Waals surface area contributed by atoms with Gasteiger partial charge in [-0.15, -0.1) is 12.4 Å². The summed E-state index contributed by atoms with van der Waals surface area (Å²) in [7, 11) is 1.57. The number of rotatable bonds is 2. The standard InChI is InChI=1S/C9H9BrN2O.ClH/c1-13-9-7(5-12)2-6(4-11)3-8(9)10;/h2-3H,5,12H2,1H3;1H. The van der Waals surface area contributed by atoms with Crippen LogP contribution in [0.15, 0.2) is 16.6 Å². The van der Waals surface area contributed by atoms with Crippen LogP contribution in [0.3, 0.4) is 0 Å². The number of methoxy groups -OCH3 is 1. The quantitative estimate of drug-likeness (QED) is 0.901. The Labute approximate surface area is 97.4 Å². The molecule has 2 N–H and O–H groups in total. The van der Waals surface area contributed by atoms with E-state index in [4.69, 9.17) is 15.7 Å². The summed E-state index contributed by atoms with van der Waals surface area (Å²) in [5.74, 6) is 0.696. The smallest absolute Gasteiger partial charge is 0.137 e. The highest BCUT2D eigenvalue weighted by molar-refractivity contribution is 9.10. The first-order valence-corrected chi connectivity index (χ1v) is 4.48. The van der Waals surface area contributed by atoms with E-state index < -0.39 is 0 Å². The molecule has 1 aromatic carbocycles. The lowest BCUT2D eigenvalue weighted by Gasteiger charge is -2.08. The van der Waals surface area contributed by atoms with Crippen molar-refractivity contribution in [3.05, 3.63) is 27.7 Å². The lowest BCUT2D eigenvalue weighted by atomic mass is 10.1. The third-order valence-electron chi connectivity index (χ3n) is 1.67. The molecule has 0 fully saturated rings. The highest BCUT2D eigenvalue weighted by atomic mass is 79.9. The second-order valence-electron chi connectivity index (χ2n) is 2.47. The lowest BCUT2D eigenvalue weighted by Crippen LogP contribution is -2.01. The fourth-order valence-corrected chi connectivity index (χ4v) is 1.76. The molecule has 0 saturated heterocycles. The van der Waals surface area contributed by atoms with Crippen molar-refractivity contribution in [2.45, 2.75) is 6.54 Å². The van der Waals surface area contributed by atoms with Crippen molar-refractivity contribution < 1.29 is 4.74 Å². The Hall–Kier alpha value is -0.760. The molecule has 5 heteroatoms. The van der Waals surface area contributed by atoms with E-state index in [-0.39, 0.29) is 12.4 Å². The van der Waals surface area contributed by atoms with E-state index in [0.29, 0.717) is 17.9 Å². The van der Waals surface area contributed by atoms with Gasteiger partial charge in [0.2, 0.25) is 0 Å². The number of nitrogens with two attached hydrogens (primary N) is 1. The van der Waals surface area contributed by atoms with Crippen LogP contribution in [0.25, 0.3) is 0 Å². The number of hydrogen-bond donors (Lipinski definition) is 1. The van der Waals surface area contributed by atoms with Crippen molar-refractivity contribution in [2.75, 3.05) is 7.11 Å². The predicted octanol–water partition coefficient (Wildman–Crippen LogP) is 2.21. The van der Waals surface area contributed by atoms with Crippen molar-refractivity contribution in [1.82, 2.24) is 0 Å². The Morgan fingerprint density at radius 1 is 1.57 bits per heavy atom. The van der Waals surface area contributed by atoms with Crippen molar-refractivity contribution >= 4 is 28.3 Å². The highest BCUT2D eigenvalue weighted by Gasteiger charge is 2.07. The van der Waals surface area contributed by atoms with Gasteiger partial charge < -0.3 is 10.5 Å². The molecular weight excluding hydrogens is 267 g/mol. The summed E-state index contributed by atoms with van der Waals surface area (Å²) in [6.45, 7) is 0.358. The molecule has 0 spiro atoms. The van der Waals surface area contributed by atoms with Gasteiger partial charge in [0, 0.05) is 12.1 Å². The molecule has 0 saturated carbocycles. The van der Waals surface area contributed by atoms with Crippen molar-refractivity contribution in [3.8, 4) is 11.8 Å². The molecule has 0 radical (unpaired) electrons. The molecule has 76 valence electrons. The zero-order valence-corrected chi connectivity index (χ0v) is 9.98. The first-order chi connectivity index (χ1) is 6.22. The van der Waals surface area contributed by atoms with Crippen LogP contribution >= 0.6 is 28.3 Å². The monoisotopic (exact) mass is 276 g/mol. The number of benzene rings is 1. The molecule has 0 amide bonds. The van der Waals surface area contributed by atoms with Crippen LogP contribution in [-0.2, 0) is 6.54 Å². The maximum atomic E-state index is 8.69. The average molecular weight is 278 g/mol. The molecule has 1 aromatic rings. The fraction of sp³-hybridized carbons (Fsp3) is 0.222. The van der Waals surface area contributed by atoms with Gasteiger partial charge in [-0.05, 0) is 28.1 Å². The first-order valence-electron chi connectivity index (χ1n) is 3.69. The van der Waals surface area contributed by atoms with Gasteiger partial charge in [-0.3, -0.25) is 0 Å². The maximum absolute atomic E-state index is 8.69. The normalized spacial score (nSPS) is 8.71. The van der Waals surface area contributed by atoms with Crippen LogP contribution < -0.4 is 10.5 Å². The second kappa shape index (κ2) is 5.86. The van der Waals surface area contributed by atoms with Gasteiger partial charge in [0.05, 0.1) is 23.2 Å². The molecule has 0 aromatic heterocycles. The number of ether oxygens (including phenoxy) is 1. The van der Waals surface area contributed by atoms with E-state index in [0.717, 1.165) is 10.0 Å². The lowest BCUT2D eigenvalue weighted by molar-refractivity contribution is 0.407. The van der Waals surface area contributed by atoms with Gasteiger partial charge >= 0.3 is 0 Å². The SMILES string of the molecule is COc1c(Br)cc(C#N)cc1CN.Cl. The minimum Gasteiger partial charge on any atom is -0.495 e. The van der Waals surface area contributed by atoms with Crippen LogP contribution in [0.2, 0.25) is 0 Å². The molecule has 3 nitrogen and oxygen atoms in total. The van der Waals surface area contributed by atoms with E-state index in [2.05, 4.69) is 22.0 Å². The van der Waals surface area contributed by atoms with Crippen molar-refractivity contribution in [3.63, 3.8) is 0 Å². The van der Waals surface area contributed by atoms with E-state index in [1.54, 1.807) is 19.2 Å². The molecule has 0 unspecified atom stereocenters. The largest absolute Gasteiger partial charge is 0.495 e. The molecule has 14 heavy (non-hydrogen) atoms. The van der Waals surface area contributed by atoms with Gasteiger partial charge in [-0.1, -0.05) is 0 Å².